The van der Waals surface area contributed by atoms with Crippen molar-refractivity contribution in [2.45, 2.75) is 13.3 Å². The number of halogens is 3. The predicted octanol–water partition coefficient (Wildman–Crippen LogP) is 2.87. The fraction of sp³-hybridized carbons (Fsp3) is 0.300. The average Bonchev–Trinajstić information content (AvgIpc) is 2.12. The van der Waals surface area contributed by atoms with Gasteiger partial charge < -0.3 is 5.32 Å². The molecule has 0 bridgehead atoms. The van der Waals surface area contributed by atoms with Gasteiger partial charge in [0.25, 0.3) is 5.91 Å². The lowest BCUT2D eigenvalue weighted by molar-refractivity contribution is 0.0945. The highest BCUT2D eigenvalue weighted by Crippen LogP contribution is 2.19. The molecule has 5 heteroatoms. The zero-order valence-corrected chi connectivity index (χ0v) is 9.70. The summed E-state index contributed by atoms with van der Waals surface area (Å²) in [5.41, 5.74) is -0.536. The van der Waals surface area contributed by atoms with Crippen molar-refractivity contribution >= 4 is 21.8 Å². The third kappa shape index (κ3) is 2.99. The molecule has 0 heterocycles. The molecule has 0 saturated heterocycles. The number of hydrogen-bond acceptors (Lipinski definition) is 1. The summed E-state index contributed by atoms with van der Waals surface area (Å²) in [7, 11) is 0. The van der Waals surface area contributed by atoms with Crippen molar-refractivity contribution in [1.82, 2.24) is 5.32 Å². The summed E-state index contributed by atoms with van der Waals surface area (Å²) in [4.78, 5) is 11.4. The first-order chi connectivity index (χ1) is 7.06. The molecule has 0 aliphatic carbocycles. The van der Waals surface area contributed by atoms with E-state index in [1.807, 2.05) is 6.92 Å². The molecule has 0 saturated carbocycles. The van der Waals surface area contributed by atoms with E-state index >= 15 is 0 Å². The van der Waals surface area contributed by atoms with Crippen molar-refractivity contribution in [2.24, 2.45) is 0 Å². The molecule has 0 fully saturated rings. The van der Waals surface area contributed by atoms with Crippen molar-refractivity contribution in [3.05, 3.63) is 33.8 Å². The van der Waals surface area contributed by atoms with E-state index < -0.39 is 23.1 Å². The van der Waals surface area contributed by atoms with Crippen molar-refractivity contribution < 1.29 is 13.6 Å². The van der Waals surface area contributed by atoms with E-state index in [-0.39, 0.29) is 4.47 Å². The smallest absolute Gasteiger partial charge is 0.257 e. The van der Waals surface area contributed by atoms with Crippen LogP contribution in [0.5, 0.6) is 0 Å². The van der Waals surface area contributed by atoms with Gasteiger partial charge in [-0.3, -0.25) is 4.79 Å². The number of rotatable bonds is 3. The van der Waals surface area contributed by atoms with Gasteiger partial charge in [-0.05, 0) is 18.6 Å². The first kappa shape index (κ1) is 12.1. The molecule has 0 spiro atoms. The summed E-state index contributed by atoms with van der Waals surface area (Å²) in [6, 6.07) is 2.12. The molecule has 1 N–H and O–H groups in total. The number of nitrogens with one attached hydrogen (secondary N) is 1. The lowest BCUT2D eigenvalue weighted by Crippen LogP contribution is -2.26. The number of carbonyl (C=O) groups excluding carboxylic acids is 1. The third-order valence-corrected chi connectivity index (χ3v) is 2.23. The van der Waals surface area contributed by atoms with E-state index in [0.717, 1.165) is 12.1 Å². The van der Waals surface area contributed by atoms with Gasteiger partial charge in [0, 0.05) is 11.0 Å². The quantitative estimate of drug-likeness (QED) is 0.905. The molecule has 0 aromatic heterocycles. The Morgan fingerprint density at radius 2 is 1.93 bits per heavy atom. The van der Waals surface area contributed by atoms with Crippen molar-refractivity contribution in [2.75, 3.05) is 6.54 Å². The summed E-state index contributed by atoms with van der Waals surface area (Å²) in [5.74, 6) is -2.45. The Labute approximate surface area is 94.8 Å². The normalized spacial score (nSPS) is 10.1. The molecule has 0 aliphatic rings. The van der Waals surface area contributed by atoms with Crippen LogP contribution in [0, 0.1) is 11.6 Å². The minimum atomic E-state index is -0.865. The van der Waals surface area contributed by atoms with Gasteiger partial charge in [-0.25, -0.2) is 8.78 Å². The van der Waals surface area contributed by atoms with Crippen LogP contribution in [0.2, 0.25) is 0 Å². The fourth-order valence-electron chi connectivity index (χ4n) is 1.09. The van der Waals surface area contributed by atoms with Gasteiger partial charge in [0.05, 0.1) is 0 Å². The SMILES string of the molecule is CCCNC(=O)c1c(F)cc(Br)cc1F. The minimum Gasteiger partial charge on any atom is -0.352 e. The zero-order chi connectivity index (χ0) is 11.4. The standard InChI is InChI=1S/C10H10BrF2NO/c1-2-3-14-10(15)9-7(12)4-6(11)5-8(9)13/h4-5H,2-3H2,1H3,(H,14,15). The number of carbonyl (C=O) groups is 1. The second-order valence-corrected chi connectivity index (χ2v) is 3.92. The lowest BCUT2D eigenvalue weighted by Gasteiger charge is -2.06. The van der Waals surface area contributed by atoms with E-state index in [4.69, 9.17) is 0 Å². The summed E-state index contributed by atoms with van der Waals surface area (Å²) < 4.78 is 26.8. The van der Waals surface area contributed by atoms with Crippen molar-refractivity contribution in [3.8, 4) is 0 Å². The molecule has 2 nitrogen and oxygen atoms in total. The highest BCUT2D eigenvalue weighted by Gasteiger charge is 2.17. The molecular weight excluding hydrogens is 268 g/mol. The van der Waals surface area contributed by atoms with E-state index in [1.54, 1.807) is 0 Å². The topological polar surface area (TPSA) is 29.1 Å². The molecule has 1 amide bonds. The highest BCUT2D eigenvalue weighted by molar-refractivity contribution is 9.10. The Morgan fingerprint density at radius 1 is 1.40 bits per heavy atom. The molecule has 1 aromatic carbocycles. The van der Waals surface area contributed by atoms with Crippen LogP contribution in [-0.4, -0.2) is 12.5 Å². The zero-order valence-electron chi connectivity index (χ0n) is 8.11. The Morgan fingerprint density at radius 3 is 2.40 bits per heavy atom. The maximum absolute atomic E-state index is 13.3. The first-order valence-electron chi connectivity index (χ1n) is 4.49. The molecule has 15 heavy (non-hydrogen) atoms. The minimum absolute atomic E-state index is 0.268. The third-order valence-electron chi connectivity index (χ3n) is 1.77. The van der Waals surface area contributed by atoms with Gasteiger partial charge in [0.15, 0.2) is 0 Å². The number of benzene rings is 1. The van der Waals surface area contributed by atoms with Crippen LogP contribution in [0.25, 0.3) is 0 Å². The van der Waals surface area contributed by atoms with Crippen LogP contribution in [0.1, 0.15) is 23.7 Å². The predicted molar refractivity (Wildman–Crippen MR) is 56.7 cm³/mol. The Bertz CT molecular complexity index is 359. The maximum Gasteiger partial charge on any atom is 0.257 e. The molecule has 0 aliphatic heterocycles. The Hall–Kier alpha value is -0.970. The maximum atomic E-state index is 13.3. The van der Waals surface area contributed by atoms with Crippen LogP contribution in [0.4, 0.5) is 8.78 Å². The number of hydrogen-bond donors (Lipinski definition) is 1. The summed E-state index contributed by atoms with van der Waals surface area (Å²) in [6.45, 7) is 2.25. The monoisotopic (exact) mass is 277 g/mol. The van der Waals surface area contributed by atoms with Gasteiger partial charge in [0.2, 0.25) is 0 Å². The molecular formula is C10H10BrF2NO. The van der Waals surface area contributed by atoms with Gasteiger partial charge >= 0.3 is 0 Å². The van der Waals surface area contributed by atoms with Gasteiger partial charge in [-0.1, -0.05) is 22.9 Å². The average molecular weight is 278 g/mol. The highest BCUT2D eigenvalue weighted by atomic mass is 79.9. The fourth-order valence-corrected chi connectivity index (χ4v) is 1.49. The Balaban J connectivity index is 2.98. The van der Waals surface area contributed by atoms with E-state index in [1.165, 1.54) is 0 Å². The van der Waals surface area contributed by atoms with Crippen LogP contribution < -0.4 is 5.32 Å². The summed E-state index contributed by atoms with van der Waals surface area (Å²) in [5, 5.41) is 2.42. The second kappa shape index (κ2) is 5.21. The largest absolute Gasteiger partial charge is 0.352 e. The van der Waals surface area contributed by atoms with Gasteiger partial charge in [-0.2, -0.15) is 0 Å². The Kier molecular flexibility index (Phi) is 4.20. The van der Waals surface area contributed by atoms with Gasteiger partial charge in [-0.15, -0.1) is 0 Å². The van der Waals surface area contributed by atoms with Crippen LogP contribution in [0.15, 0.2) is 16.6 Å². The van der Waals surface area contributed by atoms with Crippen molar-refractivity contribution in [1.29, 1.82) is 0 Å². The molecule has 0 unspecified atom stereocenters. The van der Waals surface area contributed by atoms with Crippen LogP contribution in [0.3, 0.4) is 0 Å². The van der Waals surface area contributed by atoms with E-state index in [2.05, 4.69) is 21.2 Å². The first-order valence-corrected chi connectivity index (χ1v) is 5.28. The van der Waals surface area contributed by atoms with Gasteiger partial charge in [0.1, 0.15) is 17.2 Å². The van der Waals surface area contributed by atoms with E-state index in [9.17, 15) is 13.6 Å². The van der Waals surface area contributed by atoms with E-state index in [0.29, 0.717) is 13.0 Å². The number of amides is 1. The molecule has 0 atom stereocenters. The summed E-state index contributed by atoms with van der Waals surface area (Å²) in [6.07, 6.45) is 0.714. The molecule has 1 rings (SSSR count). The lowest BCUT2D eigenvalue weighted by atomic mass is 10.2. The van der Waals surface area contributed by atoms with Crippen LogP contribution in [-0.2, 0) is 0 Å². The molecule has 0 radical (unpaired) electrons. The molecule has 1 aromatic rings. The molecule has 82 valence electrons. The van der Waals surface area contributed by atoms with Crippen molar-refractivity contribution in [3.63, 3.8) is 0 Å². The second-order valence-electron chi connectivity index (χ2n) is 3.00. The summed E-state index contributed by atoms with van der Waals surface area (Å²) >= 11 is 2.94. The van der Waals surface area contributed by atoms with Crippen LogP contribution >= 0.6 is 15.9 Å².